The summed E-state index contributed by atoms with van der Waals surface area (Å²) in [7, 11) is 1.36. The summed E-state index contributed by atoms with van der Waals surface area (Å²) < 4.78 is 4.86. The van der Waals surface area contributed by atoms with Crippen molar-refractivity contribution in [2.45, 2.75) is 39.0 Å². The zero-order chi connectivity index (χ0) is 15.6. The topological polar surface area (TPSA) is 55.4 Å². The minimum Gasteiger partial charge on any atom is -0.466 e. The number of hydrogen-bond acceptors (Lipinski definition) is 3. The molecule has 2 rings (SSSR count). The molecule has 0 spiro atoms. The number of rotatable bonds is 3. The second-order valence-corrected chi connectivity index (χ2v) is 5.66. The third-order valence-corrected chi connectivity index (χ3v) is 3.88. The summed E-state index contributed by atoms with van der Waals surface area (Å²) in [5, 5.41) is 2.71. The Morgan fingerprint density at radius 1 is 1.29 bits per heavy atom. The van der Waals surface area contributed by atoms with E-state index in [1.807, 2.05) is 12.1 Å². The highest BCUT2D eigenvalue weighted by Crippen LogP contribution is 2.33. The summed E-state index contributed by atoms with van der Waals surface area (Å²) in [6.07, 6.45) is 0.267. The van der Waals surface area contributed by atoms with Crippen LogP contribution in [0.4, 0.5) is 0 Å². The van der Waals surface area contributed by atoms with Crippen molar-refractivity contribution in [3.8, 4) is 0 Å². The largest absolute Gasteiger partial charge is 0.466 e. The fourth-order valence-electron chi connectivity index (χ4n) is 2.68. The number of nitrogens with one attached hydrogen (secondary N) is 1. The van der Waals surface area contributed by atoms with E-state index in [4.69, 9.17) is 4.74 Å². The second kappa shape index (κ2) is 6.12. The van der Waals surface area contributed by atoms with E-state index in [2.05, 4.69) is 31.3 Å². The molecule has 1 amide bonds. The summed E-state index contributed by atoms with van der Waals surface area (Å²) in [6, 6.07) is 8.09. The fourth-order valence-corrected chi connectivity index (χ4v) is 2.68. The van der Waals surface area contributed by atoms with Gasteiger partial charge in [0.15, 0.2) is 0 Å². The van der Waals surface area contributed by atoms with Crippen molar-refractivity contribution >= 4 is 11.9 Å². The van der Waals surface area contributed by atoms with Crippen molar-refractivity contribution in [2.24, 2.45) is 0 Å². The summed E-state index contributed by atoms with van der Waals surface area (Å²) in [4.78, 5) is 23.8. The Morgan fingerprint density at radius 2 is 1.90 bits per heavy atom. The van der Waals surface area contributed by atoms with E-state index in [0.717, 1.165) is 5.56 Å². The molecule has 0 saturated carbocycles. The summed E-state index contributed by atoms with van der Waals surface area (Å²) in [5.41, 5.74) is 3.32. The molecule has 4 nitrogen and oxygen atoms in total. The molecule has 0 aliphatic carbocycles. The molecule has 21 heavy (non-hydrogen) atoms. The normalized spacial score (nSPS) is 18.7. The molecule has 1 aliphatic rings. The Bertz CT molecular complexity index is 585. The van der Waals surface area contributed by atoms with Crippen LogP contribution in [0.3, 0.4) is 0 Å². The Labute approximate surface area is 125 Å². The lowest BCUT2D eigenvalue weighted by atomic mass is 9.84. The number of allylic oxidation sites excluding steroid dienone is 1. The van der Waals surface area contributed by atoms with Gasteiger partial charge in [0.05, 0.1) is 12.7 Å². The maximum atomic E-state index is 12.0. The van der Waals surface area contributed by atoms with Crippen molar-refractivity contribution in [3.05, 3.63) is 46.7 Å². The van der Waals surface area contributed by atoms with Crippen molar-refractivity contribution in [1.82, 2.24) is 5.32 Å². The number of carbonyl (C=O) groups excluding carboxylic acids is 2. The van der Waals surface area contributed by atoms with Crippen LogP contribution >= 0.6 is 0 Å². The zero-order valence-electron chi connectivity index (χ0n) is 12.9. The van der Waals surface area contributed by atoms with E-state index in [-0.39, 0.29) is 24.2 Å². The smallest absolute Gasteiger partial charge is 0.336 e. The highest BCUT2D eigenvalue weighted by molar-refractivity contribution is 5.95. The number of carbonyl (C=O) groups is 2. The standard InChI is InChI=1S/C17H21NO3/c1-10(2)12-5-7-13(8-6-12)14-9-15(19)18-11(3)16(14)17(20)21-4/h5-8,10,14H,9H2,1-4H3,(H,18,19)/t14-/m0/s1. The van der Waals surface area contributed by atoms with Gasteiger partial charge in [-0.25, -0.2) is 4.79 Å². The van der Waals surface area contributed by atoms with Gasteiger partial charge in [-0.05, 0) is 24.0 Å². The number of ether oxygens (including phenoxy) is 1. The first-order valence-electron chi connectivity index (χ1n) is 7.12. The third-order valence-electron chi connectivity index (χ3n) is 3.88. The fraction of sp³-hybridized carbons (Fsp3) is 0.412. The first-order chi connectivity index (χ1) is 9.93. The van der Waals surface area contributed by atoms with E-state index in [9.17, 15) is 9.59 Å². The predicted molar refractivity (Wildman–Crippen MR) is 80.7 cm³/mol. The lowest BCUT2D eigenvalue weighted by Crippen LogP contribution is -2.34. The van der Waals surface area contributed by atoms with E-state index in [1.165, 1.54) is 12.7 Å². The van der Waals surface area contributed by atoms with Gasteiger partial charge >= 0.3 is 5.97 Å². The molecule has 1 atom stereocenters. The average molecular weight is 287 g/mol. The molecular weight excluding hydrogens is 266 g/mol. The Morgan fingerprint density at radius 3 is 2.43 bits per heavy atom. The van der Waals surface area contributed by atoms with Gasteiger partial charge in [0.1, 0.15) is 0 Å². The number of hydrogen-bond donors (Lipinski definition) is 1. The van der Waals surface area contributed by atoms with Gasteiger partial charge in [-0.2, -0.15) is 0 Å². The molecule has 0 fully saturated rings. The highest BCUT2D eigenvalue weighted by Gasteiger charge is 2.32. The van der Waals surface area contributed by atoms with Crippen molar-refractivity contribution in [1.29, 1.82) is 0 Å². The van der Waals surface area contributed by atoms with Crippen molar-refractivity contribution in [2.75, 3.05) is 7.11 Å². The Kier molecular flexibility index (Phi) is 4.46. The summed E-state index contributed by atoms with van der Waals surface area (Å²) >= 11 is 0. The van der Waals surface area contributed by atoms with Gasteiger partial charge in [-0.3, -0.25) is 4.79 Å². The second-order valence-electron chi connectivity index (χ2n) is 5.66. The van der Waals surface area contributed by atoms with Gasteiger partial charge < -0.3 is 10.1 Å². The van der Waals surface area contributed by atoms with Crippen LogP contribution in [0, 0.1) is 0 Å². The number of benzene rings is 1. The lowest BCUT2D eigenvalue weighted by Gasteiger charge is -2.26. The Hall–Kier alpha value is -2.10. The average Bonchev–Trinajstić information content (AvgIpc) is 2.45. The van der Waals surface area contributed by atoms with E-state index < -0.39 is 0 Å². The zero-order valence-corrected chi connectivity index (χ0v) is 12.9. The van der Waals surface area contributed by atoms with Gasteiger partial charge in [0, 0.05) is 18.0 Å². The minimum absolute atomic E-state index is 0.0712. The molecular formula is C17H21NO3. The van der Waals surface area contributed by atoms with Gasteiger partial charge in [-0.15, -0.1) is 0 Å². The number of methoxy groups -OCH3 is 1. The molecule has 0 unspecified atom stereocenters. The molecule has 4 heteroatoms. The first kappa shape index (κ1) is 15.3. The molecule has 0 aromatic heterocycles. The monoisotopic (exact) mass is 287 g/mol. The van der Waals surface area contributed by atoms with Crippen LogP contribution in [0.5, 0.6) is 0 Å². The molecule has 0 radical (unpaired) electrons. The van der Waals surface area contributed by atoms with Crippen LogP contribution in [-0.2, 0) is 14.3 Å². The van der Waals surface area contributed by atoms with Crippen LogP contribution < -0.4 is 5.32 Å². The summed E-state index contributed by atoms with van der Waals surface area (Å²) in [5.74, 6) is -0.248. The van der Waals surface area contributed by atoms with Gasteiger partial charge in [0.2, 0.25) is 5.91 Å². The highest BCUT2D eigenvalue weighted by atomic mass is 16.5. The maximum absolute atomic E-state index is 12.0. The predicted octanol–water partition coefficient (Wildman–Crippen LogP) is 2.86. The van der Waals surface area contributed by atoms with Gasteiger partial charge in [-0.1, -0.05) is 38.1 Å². The van der Waals surface area contributed by atoms with Crippen LogP contribution in [0.15, 0.2) is 35.5 Å². The quantitative estimate of drug-likeness (QED) is 0.870. The van der Waals surface area contributed by atoms with Crippen LogP contribution in [0.1, 0.15) is 50.2 Å². The Balaban J connectivity index is 2.41. The van der Waals surface area contributed by atoms with Gasteiger partial charge in [0.25, 0.3) is 0 Å². The van der Waals surface area contributed by atoms with Crippen LogP contribution in [-0.4, -0.2) is 19.0 Å². The van der Waals surface area contributed by atoms with E-state index in [1.54, 1.807) is 6.92 Å². The molecule has 1 aliphatic heterocycles. The molecule has 1 aromatic rings. The summed E-state index contributed by atoms with van der Waals surface area (Å²) in [6.45, 7) is 6.00. The van der Waals surface area contributed by atoms with Crippen molar-refractivity contribution in [3.63, 3.8) is 0 Å². The maximum Gasteiger partial charge on any atom is 0.336 e. The van der Waals surface area contributed by atoms with Crippen LogP contribution in [0.25, 0.3) is 0 Å². The van der Waals surface area contributed by atoms with Crippen LogP contribution in [0.2, 0.25) is 0 Å². The number of esters is 1. The van der Waals surface area contributed by atoms with E-state index >= 15 is 0 Å². The minimum atomic E-state index is -0.384. The lowest BCUT2D eigenvalue weighted by molar-refractivity contribution is -0.136. The molecule has 1 N–H and O–H groups in total. The molecule has 1 heterocycles. The molecule has 112 valence electrons. The number of amides is 1. The molecule has 1 aromatic carbocycles. The SMILES string of the molecule is COC(=O)C1=C(C)NC(=O)C[C@H]1c1ccc(C(C)C)cc1. The van der Waals surface area contributed by atoms with E-state index in [0.29, 0.717) is 17.2 Å². The molecule has 0 saturated heterocycles. The third kappa shape index (κ3) is 3.15. The first-order valence-corrected chi connectivity index (χ1v) is 7.12. The molecule has 0 bridgehead atoms. The van der Waals surface area contributed by atoms with Crippen molar-refractivity contribution < 1.29 is 14.3 Å².